The SMILES string of the molecule is CCN(CC)C(C(=O)N1CCN(C(=O)c2cccc(Cl)c2)CC1)c1ccccc1. The number of hydrogen-bond acceptors (Lipinski definition) is 3. The second-order valence-electron chi connectivity index (χ2n) is 7.16. The molecule has 1 unspecified atom stereocenters. The summed E-state index contributed by atoms with van der Waals surface area (Å²) in [5, 5.41) is 0.551. The Balaban J connectivity index is 1.70. The molecule has 1 atom stereocenters. The lowest BCUT2D eigenvalue weighted by atomic mass is 10.0. The zero-order valence-corrected chi connectivity index (χ0v) is 17.8. The smallest absolute Gasteiger partial charge is 0.254 e. The zero-order chi connectivity index (χ0) is 20.8. The Morgan fingerprint density at radius 1 is 0.931 bits per heavy atom. The Hall–Kier alpha value is -2.37. The van der Waals surface area contributed by atoms with Gasteiger partial charge in [0, 0.05) is 36.8 Å². The van der Waals surface area contributed by atoms with Gasteiger partial charge in [-0.05, 0) is 36.9 Å². The average molecular weight is 414 g/mol. The molecule has 2 amide bonds. The summed E-state index contributed by atoms with van der Waals surface area (Å²) in [7, 11) is 0. The molecular formula is C23H28ClN3O2. The van der Waals surface area contributed by atoms with Gasteiger partial charge in [-0.3, -0.25) is 14.5 Å². The molecule has 29 heavy (non-hydrogen) atoms. The predicted molar refractivity (Wildman–Crippen MR) is 116 cm³/mol. The number of halogens is 1. The number of nitrogens with zero attached hydrogens (tertiary/aromatic N) is 3. The Morgan fingerprint density at radius 2 is 1.55 bits per heavy atom. The molecule has 5 nitrogen and oxygen atoms in total. The number of carbonyl (C=O) groups excluding carboxylic acids is 2. The molecule has 3 rings (SSSR count). The number of amides is 2. The number of hydrogen-bond donors (Lipinski definition) is 0. The maximum Gasteiger partial charge on any atom is 0.254 e. The van der Waals surface area contributed by atoms with E-state index in [-0.39, 0.29) is 17.9 Å². The largest absolute Gasteiger partial charge is 0.337 e. The van der Waals surface area contributed by atoms with Crippen LogP contribution in [0.4, 0.5) is 0 Å². The van der Waals surface area contributed by atoms with Gasteiger partial charge in [-0.2, -0.15) is 0 Å². The Labute approximate surface area is 177 Å². The summed E-state index contributed by atoms with van der Waals surface area (Å²) >= 11 is 6.01. The number of carbonyl (C=O) groups is 2. The first-order valence-corrected chi connectivity index (χ1v) is 10.6. The van der Waals surface area contributed by atoms with E-state index in [9.17, 15) is 9.59 Å². The molecule has 2 aromatic rings. The minimum Gasteiger partial charge on any atom is -0.337 e. The monoisotopic (exact) mass is 413 g/mol. The molecular weight excluding hydrogens is 386 g/mol. The number of benzene rings is 2. The van der Waals surface area contributed by atoms with E-state index in [1.165, 1.54) is 0 Å². The minimum atomic E-state index is -0.290. The number of piperazine rings is 1. The third kappa shape index (κ3) is 4.98. The van der Waals surface area contributed by atoms with E-state index in [0.29, 0.717) is 36.8 Å². The second-order valence-corrected chi connectivity index (χ2v) is 7.60. The van der Waals surface area contributed by atoms with Crippen LogP contribution in [0.25, 0.3) is 0 Å². The van der Waals surface area contributed by atoms with Crippen LogP contribution in [0.1, 0.15) is 35.8 Å². The van der Waals surface area contributed by atoms with E-state index < -0.39 is 0 Å². The lowest BCUT2D eigenvalue weighted by Crippen LogP contribution is -2.53. The molecule has 1 saturated heterocycles. The van der Waals surface area contributed by atoms with E-state index in [1.54, 1.807) is 29.2 Å². The van der Waals surface area contributed by atoms with Crippen LogP contribution in [0.5, 0.6) is 0 Å². The van der Waals surface area contributed by atoms with Crippen molar-refractivity contribution in [2.45, 2.75) is 19.9 Å². The lowest BCUT2D eigenvalue weighted by Gasteiger charge is -2.39. The summed E-state index contributed by atoms with van der Waals surface area (Å²) in [6.07, 6.45) is 0. The molecule has 1 aliphatic rings. The van der Waals surface area contributed by atoms with E-state index in [2.05, 4.69) is 18.7 Å². The van der Waals surface area contributed by atoms with Crippen molar-refractivity contribution in [3.8, 4) is 0 Å². The quantitative estimate of drug-likeness (QED) is 0.725. The summed E-state index contributed by atoms with van der Waals surface area (Å²) in [6.45, 7) is 7.88. The Bertz CT molecular complexity index is 831. The molecule has 0 radical (unpaired) electrons. The van der Waals surface area contributed by atoms with E-state index in [4.69, 9.17) is 11.6 Å². The fourth-order valence-corrected chi connectivity index (χ4v) is 4.03. The zero-order valence-electron chi connectivity index (χ0n) is 17.1. The van der Waals surface area contributed by atoms with Crippen molar-refractivity contribution in [1.29, 1.82) is 0 Å². The maximum atomic E-state index is 13.4. The van der Waals surface area contributed by atoms with Gasteiger partial charge in [0.15, 0.2) is 0 Å². The van der Waals surface area contributed by atoms with Gasteiger partial charge < -0.3 is 9.80 Å². The van der Waals surface area contributed by atoms with Gasteiger partial charge in [0.25, 0.3) is 5.91 Å². The van der Waals surface area contributed by atoms with Crippen molar-refractivity contribution in [3.05, 3.63) is 70.7 Å². The van der Waals surface area contributed by atoms with Gasteiger partial charge in [0.05, 0.1) is 0 Å². The summed E-state index contributed by atoms with van der Waals surface area (Å²) < 4.78 is 0. The van der Waals surface area contributed by atoms with Crippen molar-refractivity contribution in [3.63, 3.8) is 0 Å². The van der Waals surface area contributed by atoms with Gasteiger partial charge in [0.2, 0.25) is 5.91 Å². The molecule has 0 aromatic heterocycles. The van der Waals surface area contributed by atoms with E-state index in [0.717, 1.165) is 18.7 Å². The highest BCUT2D eigenvalue weighted by Crippen LogP contribution is 2.24. The molecule has 0 spiro atoms. The van der Waals surface area contributed by atoms with Crippen molar-refractivity contribution in [1.82, 2.24) is 14.7 Å². The number of likely N-dealkylation sites (N-methyl/N-ethyl adjacent to an activating group) is 1. The molecule has 0 bridgehead atoms. The van der Waals surface area contributed by atoms with Crippen LogP contribution >= 0.6 is 11.6 Å². The molecule has 0 saturated carbocycles. The van der Waals surface area contributed by atoms with Gasteiger partial charge in [-0.15, -0.1) is 0 Å². The first kappa shape index (κ1) is 21.3. The fourth-order valence-electron chi connectivity index (χ4n) is 3.84. The third-order valence-corrected chi connectivity index (χ3v) is 5.71. The highest BCUT2D eigenvalue weighted by atomic mass is 35.5. The van der Waals surface area contributed by atoms with Crippen molar-refractivity contribution in [2.75, 3.05) is 39.3 Å². The summed E-state index contributed by atoms with van der Waals surface area (Å²) in [5.41, 5.74) is 1.60. The molecule has 6 heteroatoms. The van der Waals surface area contributed by atoms with E-state index in [1.807, 2.05) is 35.2 Å². The van der Waals surface area contributed by atoms with Crippen LogP contribution < -0.4 is 0 Å². The second kappa shape index (κ2) is 9.90. The average Bonchev–Trinajstić information content (AvgIpc) is 2.77. The number of rotatable bonds is 6. The van der Waals surface area contributed by atoms with E-state index >= 15 is 0 Å². The van der Waals surface area contributed by atoms with Crippen molar-refractivity contribution >= 4 is 23.4 Å². The topological polar surface area (TPSA) is 43.9 Å². The molecule has 0 aliphatic carbocycles. The molecule has 0 N–H and O–H groups in total. The van der Waals surface area contributed by atoms with Gasteiger partial charge in [0.1, 0.15) is 6.04 Å². The molecule has 1 fully saturated rings. The summed E-state index contributed by atoms with van der Waals surface area (Å²) in [5.74, 6) is 0.0673. The summed E-state index contributed by atoms with van der Waals surface area (Å²) in [4.78, 5) is 32.0. The first-order valence-electron chi connectivity index (χ1n) is 10.2. The molecule has 2 aromatic carbocycles. The highest BCUT2D eigenvalue weighted by Gasteiger charge is 2.32. The fraction of sp³-hybridized carbons (Fsp3) is 0.391. The van der Waals surface area contributed by atoms with Gasteiger partial charge in [-0.1, -0.05) is 61.8 Å². The first-order chi connectivity index (χ1) is 14.0. The summed E-state index contributed by atoms with van der Waals surface area (Å²) in [6, 6.07) is 16.6. The lowest BCUT2D eigenvalue weighted by molar-refractivity contribution is -0.138. The predicted octanol–water partition coefficient (Wildman–Crippen LogP) is 3.71. The van der Waals surface area contributed by atoms with Crippen LogP contribution in [0, 0.1) is 0 Å². The molecule has 1 aliphatic heterocycles. The molecule has 1 heterocycles. The van der Waals surface area contributed by atoms with Crippen LogP contribution in [0.15, 0.2) is 54.6 Å². The maximum absolute atomic E-state index is 13.4. The van der Waals surface area contributed by atoms with Crippen LogP contribution in [0.2, 0.25) is 5.02 Å². The van der Waals surface area contributed by atoms with Crippen LogP contribution in [-0.4, -0.2) is 65.8 Å². The normalized spacial score (nSPS) is 15.4. The third-order valence-electron chi connectivity index (χ3n) is 5.48. The minimum absolute atomic E-state index is 0.0389. The van der Waals surface area contributed by atoms with Gasteiger partial charge >= 0.3 is 0 Å². The van der Waals surface area contributed by atoms with Crippen LogP contribution in [-0.2, 0) is 4.79 Å². The van der Waals surface area contributed by atoms with Crippen LogP contribution in [0.3, 0.4) is 0 Å². The standard InChI is InChI=1S/C23H28ClN3O2/c1-3-25(4-2)21(18-9-6-5-7-10-18)23(29)27-15-13-26(14-16-27)22(28)19-11-8-12-20(24)17-19/h5-12,17,21H,3-4,13-16H2,1-2H3. The molecule has 154 valence electrons. The van der Waals surface area contributed by atoms with Gasteiger partial charge in [-0.25, -0.2) is 0 Å². The highest BCUT2D eigenvalue weighted by molar-refractivity contribution is 6.30. The van der Waals surface area contributed by atoms with Crippen molar-refractivity contribution in [2.24, 2.45) is 0 Å². The Morgan fingerprint density at radius 3 is 2.14 bits per heavy atom. The van der Waals surface area contributed by atoms with Crippen molar-refractivity contribution < 1.29 is 9.59 Å². The Kier molecular flexibility index (Phi) is 7.29.